The number of aliphatic hydroxyl groups excluding tert-OH is 1. The summed E-state index contributed by atoms with van der Waals surface area (Å²) >= 11 is 1.67. The lowest BCUT2D eigenvalue weighted by Gasteiger charge is -2.27. The lowest BCUT2D eigenvalue weighted by Crippen LogP contribution is -2.39. The fourth-order valence-corrected chi connectivity index (χ4v) is 3.05. The van der Waals surface area contributed by atoms with E-state index in [1.807, 2.05) is 18.4 Å². The van der Waals surface area contributed by atoms with E-state index in [0.29, 0.717) is 11.3 Å². The molecule has 1 aromatic carbocycles. The third kappa shape index (κ3) is 3.87. The molecule has 0 aliphatic rings. The van der Waals surface area contributed by atoms with Crippen molar-refractivity contribution in [3.8, 4) is 5.75 Å². The maximum absolute atomic E-state index is 12.5. The number of methoxy groups -OCH3 is 1. The number of ether oxygens (including phenoxy) is 1. The first kappa shape index (κ1) is 16.5. The van der Waals surface area contributed by atoms with E-state index < -0.39 is 6.10 Å². The highest BCUT2D eigenvalue weighted by Gasteiger charge is 2.25. The number of carbonyl (C=O) groups is 1. The van der Waals surface area contributed by atoms with Crippen LogP contribution in [0.5, 0.6) is 5.75 Å². The molecule has 0 spiro atoms. The molecule has 118 valence electrons. The summed E-state index contributed by atoms with van der Waals surface area (Å²) in [7, 11) is 3.28. The smallest absolute Gasteiger partial charge is 0.256 e. The van der Waals surface area contributed by atoms with Crippen molar-refractivity contribution in [2.45, 2.75) is 25.5 Å². The van der Waals surface area contributed by atoms with Gasteiger partial charge >= 0.3 is 0 Å². The van der Waals surface area contributed by atoms with Crippen molar-refractivity contribution >= 4 is 17.2 Å². The molecule has 4 nitrogen and oxygen atoms in total. The Bertz CT molecular complexity index is 612. The molecule has 0 saturated carbocycles. The first-order valence-electron chi connectivity index (χ1n) is 7.14. The van der Waals surface area contributed by atoms with Crippen LogP contribution in [0.3, 0.4) is 0 Å². The molecule has 1 amide bonds. The Morgan fingerprint density at radius 2 is 2.14 bits per heavy atom. The van der Waals surface area contributed by atoms with Gasteiger partial charge in [-0.3, -0.25) is 4.79 Å². The number of carbonyl (C=O) groups excluding carboxylic acids is 1. The van der Waals surface area contributed by atoms with E-state index in [1.165, 1.54) is 4.88 Å². The Kier molecular flexibility index (Phi) is 5.57. The second kappa shape index (κ2) is 7.42. The number of hydrogen-bond donors (Lipinski definition) is 1. The second-order valence-electron chi connectivity index (χ2n) is 5.26. The van der Waals surface area contributed by atoms with Gasteiger partial charge in [-0.1, -0.05) is 18.2 Å². The quantitative estimate of drug-likeness (QED) is 0.891. The Morgan fingerprint density at radius 1 is 1.36 bits per heavy atom. The summed E-state index contributed by atoms with van der Waals surface area (Å²) in [6.07, 6.45) is -0.393. The van der Waals surface area contributed by atoms with Crippen LogP contribution in [0, 0.1) is 0 Å². The summed E-state index contributed by atoms with van der Waals surface area (Å²) < 4.78 is 5.13. The van der Waals surface area contributed by atoms with E-state index in [0.717, 1.165) is 6.42 Å². The van der Waals surface area contributed by atoms with E-state index in [-0.39, 0.29) is 11.9 Å². The lowest BCUT2D eigenvalue weighted by atomic mass is 10.1. The molecule has 5 heteroatoms. The van der Waals surface area contributed by atoms with Crippen LogP contribution < -0.4 is 4.74 Å². The Balaban J connectivity index is 2.05. The van der Waals surface area contributed by atoms with E-state index in [1.54, 1.807) is 54.7 Å². The highest BCUT2D eigenvalue weighted by molar-refractivity contribution is 7.09. The van der Waals surface area contributed by atoms with Crippen molar-refractivity contribution in [2.75, 3.05) is 14.2 Å². The van der Waals surface area contributed by atoms with Crippen molar-refractivity contribution in [1.82, 2.24) is 4.90 Å². The number of amides is 1. The highest BCUT2D eigenvalue weighted by atomic mass is 32.1. The average Bonchev–Trinajstić information content (AvgIpc) is 3.05. The molecule has 1 heterocycles. The van der Waals surface area contributed by atoms with Gasteiger partial charge < -0.3 is 14.7 Å². The molecule has 2 aromatic rings. The van der Waals surface area contributed by atoms with E-state index in [2.05, 4.69) is 6.07 Å². The maximum Gasteiger partial charge on any atom is 0.256 e. The van der Waals surface area contributed by atoms with Gasteiger partial charge in [0, 0.05) is 24.4 Å². The molecule has 2 atom stereocenters. The standard InChI is InChI=1S/C17H21NO3S/c1-12(10-15-8-5-9-22-15)18(2)17(20)16(19)13-6-4-7-14(11-13)21-3/h4-9,11-12,16,19H,10H2,1-3H3/t12-,16+/m0/s1. The molecule has 0 unspecified atom stereocenters. The van der Waals surface area contributed by atoms with Crippen molar-refractivity contribution in [3.05, 3.63) is 52.2 Å². The third-order valence-electron chi connectivity index (χ3n) is 3.73. The number of thiophene rings is 1. The van der Waals surface area contributed by atoms with Crippen molar-refractivity contribution < 1.29 is 14.6 Å². The minimum atomic E-state index is -1.18. The molecule has 0 bridgehead atoms. The van der Waals surface area contributed by atoms with Crippen LogP contribution in [0.2, 0.25) is 0 Å². The van der Waals surface area contributed by atoms with Gasteiger partial charge in [-0.25, -0.2) is 0 Å². The maximum atomic E-state index is 12.5. The lowest BCUT2D eigenvalue weighted by molar-refractivity contribution is -0.141. The number of aliphatic hydroxyl groups is 1. The van der Waals surface area contributed by atoms with Gasteiger partial charge in [0.15, 0.2) is 6.10 Å². The van der Waals surface area contributed by atoms with Gasteiger partial charge in [0.05, 0.1) is 7.11 Å². The van der Waals surface area contributed by atoms with Crippen LogP contribution in [0.15, 0.2) is 41.8 Å². The normalized spacial score (nSPS) is 13.5. The molecule has 22 heavy (non-hydrogen) atoms. The number of hydrogen-bond acceptors (Lipinski definition) is 4. The van der Waals surface area contributed by atoms with Gasteiger partial charge in [-0.05, 0) is 36.1 Å². The number of likely N-dealkylation sites (N-methyl/N-ethyl adjacent to an activating group) is 1. The minimum absolute atomic E-state index is 0.0198. The van der Waals surface area contributed by atoms with Gasteiger partial charge in [0.1, 0.15) is 5.75 Å². The molecule has 0 saturated heterocycles. The zero-order valence-electron chi connectivity index (χ0n) is 13.0. The fourth-order valence-electron chi connectivity index (χ4n) is 2.22. The van der Waals surface area contributed by atoms with Gasteiger partial charge in [0.2, 0.25) is 0 Å². The summed E-state index contributed by atoms with van der Waals surface area (Å²) in [4.78, 5) is 15.3. The summed E-state index contributed by atoms with van der Waals surface area (Å²) in [6, 6.07) is 11.0. The van der Waals surface area contributed by atoms with Crippen molar-refractivity contribution in [1.29, 1.82) is 0 Å². The molecule has 0 aliphatic heterocycles. The SMILES string of the molecule is COc1cccc([C@@H](O)C(=O)N(C)[C@@H](C)Cc2cccs2)c1. The van der Waals surface area contributed by atoms with Gasteiger partial charge in [0.25, 0.3) is 5.91 Å². The molecule has 0 aliphatic carbocycles. The van der Waals surface area contributed by atoms with Crippen molar-refractivity contribution in [3.63, 3.8) is 0 Å². The average molecular weight is 319 g/mol. The predicted octanol–water partition coefficient (Wildman–Crippen LogP) is 2.88. The van der Waals surface area contributed by atoms with Crippen LogP contribution in [0.25, 0.3) is 0 Å². The zero-order valence-corrected chi connectivity index (χ0v) is 13.8. The predicted molar refractivity (Wildman–Crippen MR) is 88.2 cm³/mol. The van der Waals surface area contributed by atoms with E-state index in [4.69, 9.17) is 4.74 Å². The summed E-state index contributed by atoms with van der Waals surface area (Å²) in [5, 5.41) is 12.3. The van der Waals surface area contributed by atoms with Crippen LogP contribution >= 0.6 is 11.3 Å². The number of benzene rings is 1. The van der Waals surface area contributed by atoms with Gasteiger partial charge in [-0.2, -0.15) is 0 Å². The highest BCUT2D eigenvalue weighted by Crippen LogP contribution is 2.22. The monoisotopic (exact) mass is 319 g/mol. The van der Waals surface area contributed by atoms with Crippen LogP contribution in [-0.4, -0.2) is 36.1 Å². The minimum Gasteiger partial charge on any atom is -0.497 e. The zero-order chi connectivity index (χ0) is 16.1. The van der Waals surface area contributed by atoms with E-state index >= 15 is 0 Å². The molecular weight excluding hydrogens is 298 g/mol. The van der Waals surface area contributed by atoms with Gasteiger partial charge in [-0.15, -0.1) is 11.3 Å². The van der Waals surface area contributed by atoms with Crippen LogP contribution in [0.4, 0.5) is 0 Å². The largest absolute Gasteiger partial charge is 0.497 e. The second-order valence-corrected chi connectivity index (χ2v) is 6.29. The fraction of sp³-hybridized carbons (Fsp3) is 0.353. The van der Waals surface area contributed by atoms with Crippen LogP contribution in [0.1, 0.15) is 23.5 Å². The summed E-state index contributed by atoms with van der Waals surface area (Å²) in [5.74, 6) is 0.316. The first-order chi connectivity index (χ1) is 10.5. The summed E-state index contributed by atoms with van der Waals surface area (Å²) in [6.45, 7) is 1.98. The topological polar surface area (TPSA) is 49.8 Å². The van der Waals surface area contributed by atoms with Crippen molar-refractivity contribution in [2.24, 2.45) is 0 Å². The Hall–Kier alpha value is -1.85. The Labute approximate surface area is 135 Å². The molecular formula is C17H21NO3S. The van der Waals surface area contributed by atoms with Crippen LogP contribution in [-0.2, 0) is 11.2 Å². The molecule has 1 N–H and O–H groups in total. The summed E-state index contributed by atoms with van der Waals surface area (Å²) in [5.41, 5.74) is 0.541. The van der Waals surface area contributed by atoms with E-state index in [9.17, 15) is 9.90 Å². The number of rotatable bonds is 6. The Morgan fingerprint density at radius 3 is 2.77 bits per heavy atom. The molecule has 0 fully saturated rings. The third-order valence-corrected chi connectivity index (χ3v) is 4.63. The molecule has 2 rings (SSSR count). The molecule has 1 aromatic heterocycles. The number of nitrogens with zero attached hydrogens (tertiary/aromatic N) is 1. The first-order valence-corrected chi connectivity index (χ1v) is 8.02. The molecule has 0 radical (unpaired) electrons.